The Kier molecular flexibility index (Phi) is 5.46. The van der Waals surface area contributed by atoms with Crippen LogP contribution in [0.4, 0.5) is 0 Å². The first-order chi connectivity index (χ1) is 6.23. The largest absolute Gasteiger partial charge is 0.376 e. The van der Waals surface area contributed by atoms with Gasteiger partial charge in [0, 0.05) is 11.8 Å². The Morgan fingerprint density at radius 1 is 1.14 bits per heavy atom. The van der Waals surface area contributed by atoms with Crippen LogP contribution in [-0.2, 0) is 4.74 Å². The van der Waals surface area contributed by atoms with E-state index in [2.05, 4.69) is 41.5 Å². The van der Waals surface area contributed by atoms with Gasteiger partial charge in [0.15, 0.2) is 0 Å². The third-order valence-corrected chi connectivity index (χ3v) is 3.29. The highest BCUT2D eigenvalue weighted by molar-refractivity contribution is 6.18. The first kappa shape index (κ1) is 14.2. The molecule has 86 valence electrons. The zero-order chi connectivity index (χ0) is 11.4. The molecule has 0 saturated carbocycles. The normalized spacial score (nSPS) is 15.6. The van der Waals surface area contributed by atoms with Crippen LogP contribution in [0.5, 0.6) is 0 Å². The Morgan fingerprint density at radius 2 is 1.64 bits per heavy atom. The predicted octanol–water partition coefficient (Wildman–Crippen LogP) is 4.09. The van der Waals surface area contributed by atoms with Crippen molar-refractivity contribution < 1.29 is 4.74 Å². The molecule has 0 aromatic rings. The monoisotopic (exact) mass is 220 g/mol. The topological polar surface area (TPSA) is 9.23 Å². The highest BCUT2D eigenvalue weighted by Crippen LogP contribution is 2.32. The number of halogens is 1. The second-order valence-electron chi connectivity index (χ2n) is 5.62. The summed E-state index contributed by atoms with van der Waals surface area (Å²) in [6.07, 6.45) is 1.14. The molecule has 14 heavy (non-hydrogen) atoms. The average molecular weight is 221 g/mol. The summed E-state index contributed by atoms with van der Waals surface area (Å²) in [5.41, 5.74) is 0.209. The van der Waals surface area contributed by atoms with E-state index >= 15 is 0 Å². The summed E-state index contributed by atoms with van der Waals surface area (Å²) in [6.45, 7) is 13.7. The van der Waals surface area contributed by atoms with Crippen LogP contribution in [0.3, 0.4) is 0 Å². The molecular weight excluding hydrogens is 196 g/mol. The van der Waals surface area contributed by atoms with Gasteiger partial charge < -0.3 is 4.74 Å². The minimum atomic E-state index is -0.0614. The number of rotatable bonds is 5. The maximum absolute atomic E-state index is 5.98. The van der Waals surface area contributed by atoms with E-state index in [1.807, 2.05) is 0 Å². The molecule has 0 radical (unpaired) electrons. The maximum atomic E-state index is 5.98. The minimum Gasteiger partial charge on any atom is -0.376 e. The fourth-order valence-electron chi connectivity index (χ4n) is 1.12. The molecule has 1 atom stereocenters. The number of hydrogen-bond donors (Lipinski definition) is 0. The molecule has 0 N–H and O–H groups in total. The van der Waals surface area contributed by atoms with Gasteiger partial charge in [0.2, 0.25) is 0 Å². The van der Waals surface area contributed by atoms with Gasteiger partial charge >= 0.3 is 0 Å². The molecular formula is C12H25ClO. The molecule has 0 spiro atoms. The van der Waals surface area contributed by atoms with E-state index in [-0.39, 0.29) is 11.0 Å². The molecule has 0 amide bonds. The molecule has 0 heterocycles. The Labute approximate surface area is 94.2 Å². The summed E-state index contributed by atoms with van der Waals surface area (Å²) in [6, 6.07) is 0. The van der Waals surface area contributed by atoms with Crippen LogP contribution in [0.15, 0.2) is 0 Å². The lowest BCUT2D eigenvalue weighted by molar-refractivity contribution is -0.0394. The summed E-state index contributed by atoms with van der Waals surface area (Å²) < 4.78 is 5.79. The summed E-state index contributed by atoms with van der Waals surface area (Å²) in [5, 5.41) is 0. The van der Waals surface area contributed by atoms with Crippen molar-refractivity contribution in [3.05, 3.63) is 0 Å². The minimum absolute atomic E-state index is 0.0614. The van der Waals surface area contributed by atoms with Gasteiger partial charge in [-0.05, 0) is 26.2 Å². The van der Waals surface area contributed by atoms with E-state index in [0.29, 0.717) is 11.8 Å². The molecule has 1 unspecified atom stereocenters. The molecule has 2 heteroatoms. The van der Waals surface area contributed by atoms with E-state index in [9.17, 15) is 0 Å². The third-order valence-electron chi connectivity index (χ3n) is 2.92. The van der Waals surface area contributed by atoms with Crippen molar-refractivity contribution in [3.63, 3.8) is 0 Å². The first-order valence-corrected chi connectivity index (χ1v) is 5.96. The van der Waals surface area contributed by atoms with Crippen LogP contribution < -0.4 is 0 Å². The Balaban J connectivity index is 4.17. The van der Waals surface area contributed by atoms with Gasteiger partial charge in [-0.15, -0.1) is 11.6 Å². The summed E-state index contributed by atoms with van der Waals surface area (Å²) in [5.74, 6) is 1.12. The summed E-state index contributed by atoms with van der Waals surface area (Å²) >= 11 is 5.98. The smallest absolute Gasteiger partial charge is 0.0598 e. The Hall–Kier alpha value is 0.250. The van der Waals surface area contributed by atoms with E-state index in [4.69, 9.17) is 16.3 Å². The summed E-state index contributed by atoms with van der Waals surface area (Å²) in [7, 11) is 0. The van der Waals surface area contributed by atoms with Crippen LogP contribution >= 0.6 is 11.6 Å². The van der Waals surface area contributed by atoms with Crippen LogP contribution in [0.1, 0.15) is 48.0 Å². The highest BCUT2D eigenvalue weighted by atomic mass is 35.5. The number of ether oxygens (including phenoxy) is 1. The molecule has 0 saturated heterocycles. The van der Waals surface area contributed by atoms with Gasteiger partial charge in [-0.1, -0.05) is 27.2 Å². The lowest BCUT2D eigenvalue weighted by Crippen LogP contribution is -2.32. The SMILES string of the molecule is CCC(C)(C)C(CCl)COC(C)(C)C. The molecule has 0 bridgehead atoms. The van der Waals surface area contributed by atoms with E-state index in [1.165, 1.54) is 0 Å². The fraction of sp³-hybridized carbons (Fsp3) is 1.00. The van der Waals surface area contributed by atoms with E-state index < -0.39 is 0 Å². The number of alkyl halides is 1. The summed E-state index contributed by atoms with van der Waals surface area (Å²) in [4.78, 5) is 0. The van der Waals surface area contributed by atoms with Crippen molar-refractivity contribution in [3.8, 4) is 0 Å². The van der Waals surface area contributed by atoms with Crippen molar-refractivity contribution in [1.82, 2.24) is 0 Å². The van der Waals surface area contributed by atoms with Crippen molar-refractivity contribution in [2.24, 2.45) is 11.3 Å². The zero-order valence-corrected chi connectivity index (χ0v) is 11.2. The lowest BCUT2D eigenvalue weighted by atomic mass is 9.78. The van der Waals surface area contributed by atoms with E-state index in [1.54, 1.807) is 0 Å². The molecule has 0 rings (SSSR count). The Morgan fingerprint density at radius 3 is 1.93 bits per heavy atom. The molecule has 0 aliphatic carbocycles. The van der Waals surface area contributed by atoms with Gasteiger partial charge in [-0.25, -0.2) is 0 Å². The third kappa shape index (κ3) is 5.21. The Bertz CT molecular complexity index is 158. The zero-order valence-electron chi connectivity index (χ0n) is 10.5. The van der Waals surface area contributed by atoms with Crippen molar-refractivity contribution >= 4 is 11.6 Å². The van der Waals surface area contributed by atoms with Crippen LogP contribution in [0.2, 0.25) is 0 Å². The van der Waals surface area contributed by atoms with Crippen molar-refractivity contribution in [1.29, 1.82) is 0 Å². The second kappa shape index (κ2) is 5.37. The average Bonchev–Trinajstić information content (AvgIpc) is 2.03. The van der Waals surface area contributed by atoms with Crippen LogP contribution in [0, 0.1) is 11.3 Å². The van der Waals surface area contributed by atoms with Gasteiger partial charge in [0.1, 0.15) is 0 Å². The first-order valence-electron chi connectivity index (χ1n) is 5.43. The second-order valence-corrected chi connectivity index (χ2v) is 5.93. The van der Waals surface area contributed by atoms with Gasteiger partial charge in [-0.3, -0.25) is 0 Å². The molecule has 0 aliphatic heterocycles. The molecule has 0 aromatic carbocycles. The predicted molar refractivity (Wildman–Crippen MR) is 64.0 cm³/mol. The van der Waals surface area contributed by atoms with Crippen molar-refractivity contribution in [2.75, 3.05) is 12.5 Å². The molecule has 1 nitrogen and oxygen atoms in total. The fourth-order valence-corrected chi connectivity index (χ4v) is 1.63. The number of hydrogen-bond acceptors (Lipinski definition) is 1. The van der Waals surface area contributed by atoms with Crippen molar-refractivity contribution in [2.45, 2.75) is 53.6 Å². The molecule has 0 aromatic heterocycles. The molecule has 0 aliphatic rings. The van der Waals surface area contributed by atoms with Gasteiger partial charge in [0.25, 0.3) is 0 Å². The van der Waals surface area contributed by atoms with Crippen LogP contribution in [-0.4, -0.2) is 18.1 Å². The quantitative estimate of drug-likeness (QED) is 0.635. The van der Waals surface area contributed by atoms with E-state index in [0.717, 1.165) is 13.0 Å². The molecule has 0 fully saturated rings. The standard InChI is InChI=1S/C12H25ClO/c1-7-12(5,6)10(8-13)9-14-11(2,3)4/h10H,7-9H2,1-6H3. The van der Waals surface area contributed by atoms with Gasteiger partial charge in [0.05, 0.1) is 12.2 Å². The van der Waals surface area contributed by atoms with Gasteiger partial charge in [-0.2, -0.15) is 0 Å². The maximum Gasteiger partial charge on any atom is 0.0598 e. The highest BCUT2D eigenvalue weighted by Gasteiger charge is 2.28. The van der Waals surface area contributed by atoms with Crippen LogP contribution in [0.25, 0.3) is 0 Å². The lowest BCUT2D eigenvalue weighted by Gasteiger charge is -2.34.